The number of ether oxygens (including phenoxy) is 1. The topological polar surface area (TPSA) is 50.4 Å². The highest BCUT2D eigenvalue weighted by atomic mass is 19.4. The summed E-state index contributed by atoms with van der Waals surface area (Å²) in [5, 5.41) is 5.59. The number of carbonyl (C=O) groups is 1. The van der Waals surface area contributed by atoms with E-state index in [4.69, 9.17) is 4.74 Å². The first-order chi connectivity index (χ1) is 9.48. The zero-order valence-electron chi connectivity index (χ0n) is 10.7. The second-order valence-corrected chi connectivity index (χ2v) is 4.49. The van der Waals surface area contributed by atoms with Crippen molar-refractivity contribution < 1.29 is 22.7 Å². The molecule has 0 saturated carbocycles. The fourth-order valence-electron chi connectivity index (χ4n) is 1.78. The van der Waals surface area contributed by atoms with Gasteiger partial charge in [0.25, 0.3) is 0 Å². The maximum Gasteiger partial charge on any atom is 0.419 e. The monoisotopic (exact) mass is 288 g/mol. The van der Waals surface area contributed by atoms with Crippen LogP contribution in [0.5, 0.6) is 5.75 Å². The van der Waals surface area contributed by atoms with Crippen molar-refractivity contribution in [2.24, 2.45) is 5.92 Å². The Labute approximate surface area is 114 Å². The molecule has 1 aromatic rings. The molecule has 1 fully saturated rings. The number of hydrogen-bond acceptors (Lipinski definition) is 3. The second-order valence-electron chi connectivity index (χ2n) is 4.49. The molecular formula is C13H15F3N2O2. The van der Waals surface area contributed by atoms with Crippen LogP contribution in [0, 0.1) is 5.92 Å². The largest absolute Gasteiger partial charge is 0.491 e. The highest BCUT2D eigenvalue weighted by Gasteiger charge is 2.34. The third-order valence-electron chi connectivity index (χ3n) is 3.00. The van der Waals surface area contributed by atoms with Crippen molar-refractivity contribution in [3.05, 3.63) is 29.8 Å². The molecule has 0 aliphatic carbocycles. The number of halogens is 3. The quantitative estimate of drug-likeness (QED) is 0.806. The molecule has 0 spiro atoms. The Balaban J connectivity index is 1.80. The Morgan fingerprint density at radius 3 is 2.65 bits per heavy atom. The van der Waals surface area contributed by atoms with Gasteiger partial charge in [0, 0.05) is 13.1 Å². The summed E-state index contributed by atoms with van der Waals surface area (Å²) in [7, 11) is 0. The summed E-state index contributed by atoms with van der Waals surface area (Å²) in [6.45, 7) is 1.47. The Morgan fingerprint density at radius 2 is 2.05 bits per heavy atom. The number of amides is 1. The van der Waals surface area contributed by atoms with Gasteiger partial charge in [-0.1, -0.05) is 12.1 Å². The number of rotatable bonds is 5. The molecule has 0 aromatic heterocycles. The summed E-state index contributed by atoms with van der Waals surface area (Å²) in [5.41, 5.74) is -0.811. The highest BCUT2D eigenvalue weighted by molar-refractivity contribution is 5.79. The summed E-state index contributed by atoms with van der Waals surface area (Å²) in [6.07, 6.45) is -4.45. The average molecular weight is 288 g/mol. The van der Waals surface area contributed by atoms with Gasteiger partial charge in [0.1, 0.15) is 12.4 Å². The van der Waals surface area contributed by atoms with Crippen LogP contribution in [0.3, 0.4) is 0 Å². The van der Waals surface area contributed by atoms with Crippen LogP contribution in [0.15, 0.2) is 24.3 Å². The lowest BCUT2D eigenvalue weighted by atomic mass is 10.0. The van der Waals surface area contributed by atoms with Gasteiger partial charge in [-0.15, -0.1) is 0 Å². The fraction of sp³-hybridized carbons (Fsp3) is 0.462. The average Bonchev–Trinajstić information content (AvgIpc) is 2.32. The zero-order valence-corrected chi connectivity index (χ0v) is 10.7. The van der Waals surface area contributed by atoms with Crippen LogP contribution in [-0.2, 0) is 11.0 Å². The van der Waals surface area contributed by atoms with E-state index in [1.165, 1.54) is 18.2 Å². The number of alkyl halides is 3. The molecule has 4 nitrogen and oxygen atoms in total. The molecular weight excluding hydrogens is 273 g/mol. The van der Waals surface area contributed by atoms with E-state index >= 15 is 0 Å². The lowest BCUT2D eigenvalue weighted by Crippen LogP contribution is -2.51. The maximum atomic E-state index is 12.7. The minimum absolute atomic E-state index is 0.00101. The molecule has 0 unspecified atom stereocenters. The van der Waals surface area contributed by atoms with Gasteiger partial charge in [0.05, 0.1) is 18.0 Å². The van der Waals surface area contributed by atoms with Crippen LogP contribution in [0.2, 0.25) is 0 Å². The molecule has 20 heavy (non-hydrogen) atoms. The summed E-state index contributed by atoms with van der Waals surface area (Å²) in [6, 6.07) is 5.01. The molecule has 110 valence electrons. The van der Waals surface area contributed by atoms with Gasteiger partial charge in [0.2, 0.25) is 5.91 Å². The van der Waals surface area contributed by atoms with Crippen molar-refractivity contribution in [2.75, 3.05) is 26.2 Å². The summed E-state index contributed by atoms with van der Waals surface area (Å²) in [4.78, 5) is 11.5. The smallest absolute Gasteiger partial charge is 0.419 e. The molecule has 0 atom stereocenters. The van der Waals surface area contributed by atoms with E-state index in [0.29, 0.717) is 13.1 Å². The van der Waals surface area contributed by atoms with E-state index in [1.54, 1.807) is 0 Å². The molecule has 1 aliphatic rings. The predicted octanol–water partition coefficient (Wildman–Crippen LogP) is 1.42. The first kappa shape index (κ1) is 14.6. The van der Waals surface area contributed by atoms with Crippen LogP contribution < -0.4 is 15.4 Å². The summed E-state index contributed by atoms with van der Waals surface area (Å²) < 4.78 is 43.2. The predicted molar refractivity (Wildman–Crippen MR) is 66.3 cm³/mol. The molecule has 1 aliphatic heterocycles. The molecule has 2 rings (SSSR count). The second kappa shape index (κ2) is 6.13. The van der Waals surface area contributed by atoms with Crippen LogP contribution in [0.1, 0.15) is 5.56 Å². The molecule has 1 saturated heterocycles. The van der Waals surface area contributed by atoms with Gasteiger partial charge < -0.3 is 15.4 Å². The number of carbonyl (C=O) groups excluding carboxylic acids is 1. The van der Waals surface area contributed by atoms with Gasteiger partial charge >= 0.3 is 6.18 Å². The SMILES string of the molecule is O=C(NCCOc1ccccc1C(F)(F)F)C1CNC1. The van der Waals surface area contributed by atoms with Crippen LogP contribution in [-0.4, -0.2) is 32.1 Å². The number of hydrogen-bond donors (Lipinski definition) is 2. The lowest BCUT2D eigenvalue weighted by Gasteiger charge is -2.25. The third-order valence-corrected chi connectivity index (χ3v) is 3.00. The molecule has 0 bridgehead atoms. The van der Waals surface area contributed by atoms with Gasteiger partial charge in [-0.3, -0.25) is 4.79 Å². The van der Waals surface area contributed by atoms with Crippen molar-refractivity contribution in [1.29, 1.82) is 0 Å². The normalized spacial score (nSPS) is 15.6. The van der Waals surface area contributed by atoms with Crippen molar-refractivity contribution in [3.63, 3.8) is 0 Å². The zero-order chi connectivity index (χ0) is 14.6. The van der Waals surface area contributed by atoms with Gasteiger partial charge in [-0.05, 0) is 12.1 Å². The van der Waals surface area contributed by atoms with Crippen molar-refractivity contribution in [1.82, 2.24) is 10.6 Å². The van der Waals surface area contributed by atoms with E-state index in [0.717, 1.165) is 6.07 Å². The van der Waals surface area contributed by atoms with Crippen LogP contribution in [0.4, 0.5) is 13.2 Å². The van der Waals surface area contributed by atoms with Crippen LogP contribution >= 0.6 is 0 Å². The number of nitrogens with one attached hydrogen (secondary N) is 2. The van der Waals surface area contributed by atoms with Gasteiger partial charge in [-0.2, -0.15) is 13.2 Å². The molecule has 0 radical (unpaired) electrons. The van der Waals surface area contributed by atoms with E-state index in [1.807, 2.05) is 0 Å². The highest BCUT2D eigenvalue weighted by Crippen LogP contribution is 2.35. The van der Waals surface area contributed by atoms with E-state index in [-0.39, 0.29) is 30.7 Å². The summed E-state index contributed by atoms with van der Waals surface area (Å²) >= 11 is 0. The van der Waals surface area contributed by atoms with Gasteiger partial charge in [0.15, 0.2) is 0 Å². The van der Waals surface area contributed by atoms with E-state index in [2.05, 4.69) is 10.6 Å². The maximum absolute atomic E-state index is 12.7. The standard InChI is InChI=1S/C13H15F3N2O2/c14-13(15,16)10-3-1-2-4-11(10)20-6-5-18-12(19)9-7-17-8-9/h1-4,9,17H,5-8H2,(H,18,19). The Bertz CT molecular complexity index is 473. The molecule has 1 aromatic carbocycles. The third kappa shape index (κ3) is 3.63. The van der Waals surface area contributed by atoms with E-state index in [9.17, 15) is 18.0 Å². The molecule has 7 heteroatoms. The molecule has 1 amide bonds. The Hall–Kier alpha value is -1.76. The fourth-order valence-corrected chi connectivity index (χ4v) is 1.78. The van der Waals surface area contributed by atoms with Crippen molar-refractivity contribution >= 4 is 5.91 Å². The van der Waals surface area contributed by atoms with E-state index < -0.39 is 11.7 Å². The summed E-state index contributed by atoms with van der Waals surface area (Å²) in [5.74, 6) is -0.367. The minimum Gasteiger partial charge on any atom is -0.491 e. The first-order valence-electron chi connectivity index (χ1n) is 6.26. The number of benzene rings is 1. The molecule has 2 N–H and O–H groups in total. The lowest BCUT2D eigenvalue weighted by molar-refractivity contribution is -0.139. The number of para-hydroxylation sites is 1. The van der Waals surface area contributed by atoms with Crippen molar-refractivity contribution in [2.45, 2.75) is 6.18 Å². The molecule has 1 heterocycles. The first-order valence-corrected chi connectivity index (χ1v) is 6.26. The van der Waals surface area contributed by atoms with Crippen molar-refractivity contribution in [3.8, 4) is 5.75 Å². The Kier molecular flexibility index (Phi) is 4.49. The van der Waals surface area contributed by atoms with Gasteiger partial charge in [-0.25, -0.2) is 0 Å². The minimum atomic E-state index is -4.45. The Morgan fingerprint density at radius 1 is 1.35 bits per heavy atom. The van der Waals surface area contributed by atoms with Crippen LogP contribution in [0.25, 0.3) is 0 Å².